The Hall–Kier alpha value is -1.55. The van der Waals surface area contributed by atoms with Gasteiger partial charge in [-0.15, -0.1) is 0 Å². The van der Waals surface area contributed by atoms with E-state index in [0.717, 1.165) is 6.42 Å². The number of hydrogen-bond donors (Lipinski definition) is 2. The van der Waals surface area contributed by atoms with Crippen LogP contribution in [-0.4, -0.2) is 30.3 Å². The Labute approximate surface area is 113 Å². The fourth-order valence-electron chi connectivity index (χ4n) is 2.57. The largest absolute Gasteiger partial charge is 0.508 e. The minimum Gasteiger partial charge on any atom is -0.508 e. The second-order valence-electron chi connectivity index (χ2n) is 5.81. The summed E-state index contributed by atoms with van der Waals surface area (Å²) in [6, 6.07) is 5.01. The molecule has 4 heteroatoms. The zero-order chi connectivity index (χ0) is 14.2. The van der Waals surface area contributed by atoms with Gasteiger partial charge in [-0.25, -0.2) is 0 Å². The number of carbonyl (C=O) groups is 1. The topological polar surface area (TPSA) is 58.6 Å². The van der Waals surface area contributed by atoms with Gasteiger partial charge in [-0.3, -0.25) is 4.79 Å². The Morgan fingerprint density at radius 3 is 2.68 bits per heavy atom. The lowest BCUT2D eigenvalue weighted by molar-refractivity contribution is -0.0942. The highest BCUT2D eigenvalue weighted by atomic mass is 16.5. The monoisotopic (exact) mass is 263 g/mol. The molecular formula is C15H21NO3. The van der Waals surface area contributed by atoms with Crippen LogP contribution < -0.4 is 5.32 Å². The van der Waals surface area contributed by atoms with Crippen molar-refractivity contribution in [2.45, 2.75) is 39.3 Å². The first kappa shape index (κ1) is 13.9. The molecule has 1 aromatic rings. The first-order valence-corrected chi connectivity index (χ1v) is 6.49. The highest BCUT2D eigenvalue weighted by molar-refractivity contribution is 5.94. The molecule has 2 rings (SSSR count). The second kappa shape index (κ2) is 4.85. The van der Waals surface area contributed by atoms with E-state index in [2.05, 4.69) is 19.2 Å². The molecule has 0 saturated heterocycles. The van der Waals surface area contributed by atoms with Crippen LogP contribution in [0.2, 0.25) is 0 Å². The van der Waals surface area contributed by atoms with Crippen LogP contribution in [0.3, 0.4) is 0 Å². The Bertz CT molecular complexity index is 496. The molecule has 1 aromatic carbocycles. The third-order valence-electron chi connectivity index (χ3n) is 4.23. The fraction of sp³-hybridized carbons (Fsp3) is 0.533. The van der Waals surface area contributed by atoms with Crippen molar-refractivity contribution >= 4 is 5.91 Å². The molecule has 0 aliphatic heterocycles. The van der Waals surface area contributed by atoms with Crippen molar-refractivity contribution in [3.8, 4) is 5.75 Å². The Balaban J connectivity index is 2.04. The molecule has 2 unspecified atom stereocenters. The molecule has 19 heavy (non-hydrogen) atoms. The second-order valence-corrected chi connectivity index (χ2v) is 5.81. The highest BCUT2D eigenvalue weighted by Crippen LogP contribution is 2.42. The first-order chi connectivity index (χ1) is 8.86. The third kappa shape index (κ3) is 2.45. The SMILES string of the molecule is COC1CC(NC(=O)c2ccc(O)c(C)c2)C1(C)C. The number of hydrogen-bond acceptors (Lipinski definition) is 3. The molecule has 0 aromatic heterocycles. The number of methoxy groups -OCH3 is 1. The summed E-state index contributed by atoms with van der Waals surface area (Å²) < 4.78 is 5.37. The Kier molecular flexibility index (Phi) is 3.54. The van der Waals surface area contributed by atoms with Crippen LogP contribution in [0.25, 0.3) is 0 Å². The molecule has 2 atom stereocenters. The normalized spacial score (nSPS) is 24.6. The Morgan fingerprint density at radius 1 is 1.47 bits per heavy atom. The smallest absolute Gasteiger partial charge is 0.251 e. The van der Waals surface area contributed by atoms with Gasteiger partial charge < -0.3 is 15.2 Å². The molecule has 0 spiro atoms. The van der Waals surface area contributed by atoms with Crippen molar-refractivity contribution in [3.63, 3.8) is 0 Å². The lowest BCUT2D eigenvalue weighted by atomic mass is 9.64. The van der Waals surface area contributed by atoms with E-state index in [4.69, 9.17) is 4.74 Å². The zero-order valence-corrected chi connectivity index (χ0v) is 11.9. The lowest BCUT2D eigenvalue weighted by Gasteiger charge is -2.51. The summed E-state index contributed by atoms with van der Waals surface area (Å²) in [5, 5.41) is 12.5. The van der Waals surface area contributed by atoms with E-state index in [9.17, 15) is 9.90 Å². The number of aryl methyl sites for hydroxylation is 1. The quantitative estimate of drug-likeness (QED) is 0.879. The van der Waals surface area contributed by atoms with Crippen molar-refractivity contribution in [1.82, 2.24) is 5.32 Å². The minimum atomic E-state index is -0.101. The van der Waals surface area contributed by atoms with Crippen molar-refractivity contribution in [1.29, 1.82) is 0 Å². The van der Waals surface area contributed by atoms with Crippen molar-refractivity contribution in [2.75, 3.05) is 7.11 Å². The van der Waals surface area contributed by atoms with Crippen LogP contribution in [0.4, 0.5) is 0 Å². The number of phenols is 1. The third-order valence-corrected chi connectivity index (χ3v) is 4.23. The van der Waals surface area contributed by atoms with E-state index in [1.54, 1.807) is 32.2 Å². The first-order valence-electron chi connectivity index (χ1n) is 6.49. The van der Waals surface area contributed by atoms with Gasteiger partial charge in [0, 0.05) is 24.1 Å². The van der Waals surface area contributed by atoms with E-state index in [1.165, 1.54) is 0 Å². The van der Waals surface area contributed by atoms with Crippen LogP contribution in [0.15, 0.2) is 18.2 Å². The number of nitrogens with one attached hydrogen (secondary N) is 1. The van der Waals surface area contributed by atoms with Crippen LogP contribution in [0, 0.1) is 12.3 Å². The number of ether oxygens (including phenoxy) is 1. The van der Waals surface area contributed by atoms with E-state index >= 15 is 0 Å². The van der Waals surface area contributed by atoms with Gasteiger partial charge in [0.15, 0.2) is 0 Å². The summed E-state index contributed by atoms with van der Waals surface area (Å²) in [6.07, 6.45) is 1.03. The fourth-order valence-corrected chi connectivity index (χ4v) is 2.57. The van der Waals surface area contributed by atoms with Gasteiger partial charge in [0.2, 0.25) is 0 Å². The lowest BCUT2D eigenvalue weighted by Crippen LogP contribution is -2.61. The molecule has 2 N–H and O–H groups in total. The van der Waals surface area contributed by atoms with Gasteiger partial charge >= 0.3 is 0 Å². The van der Waals surface area contributed by atoms with E-state index in [0.29, 0.717) is 11.1 Å². The summed E-state index contributed by atoms with van der Waals surface area (Å²) in [4.78, 5) is 12.2. The van der Waals surface area contributed by atoms with Crippen molar-refractivity contribution < 1.29 is 14.6 Å². The minimum absolute atomic E-state index is 0.0453. The Morgan fingerprint density at radius 2 is 2.16 bits per heavy atom. The van der Waals surface area contributed by atoms with Crippen LogP contribution in [0.1, 0.15) is 36.2 Å². The average Bonchev–Trinajstić information content (AvgIpc) is 2.36. The maximum atomic E-state index is 12.2. The molecule has 1 aliphatic rings. The predicted molar refractivity (Wildman–Crippen MR) is 73.3 cm³/mol. The summed E-state index contributed by atoms with van der Waals surface area (Å²) >= 11 is 0. The number of rotatable bonds is 3. The van der Waals surface area contributed by atoms with Gasteiger partial charge in [-0.1, -0.05) is 13.8 Å². The summed E-state index contributed by atoms with van der Waals surface area (Å²) in [7, 11) is 1.70. The van der Waals surface area contributed by atoms with Gasteiger partial charge in [0.05, 0.1) is 6.10 Å². The van der Waals surface area contributed by atoms with E-state index in [-0.39, 0.29) is 29.2 Å². The molecule has 0 heterocycles. The van der Waals surface area contributed by atoms with Gasteiger partial charge in [-0.2, -0.15) is 0 Å². The standard InChI is InChI=1S/C15H21NO3/c1-9-7-10(5-6-11(9)17)14(18)16-12-8-13(19-4)15(12,2)3/h5-7,12-13,17H,8H2,1-4H3,(H,16,18). The van der Waals surface area contributed by atoms with Crippen molar-refractivity contribution in [2.24, 2.45) is 5.41 Å². The number of phenolic OH excluding ortho intramolecular Hbond substituents is 1. The molecule has 0 bridgehead atoms. The van der Waals surface area contributed by atoms with Crippen molar-refractivity contribution in [3.05, 3.63) is 29.3 Å². The average molecular weight is 263 g/mol. The molecule has 1 aliphatic carbocycles. The molecular weight excluding hydrogens is 242 g/mol. The molecule has 4 nitrogen and oxygen atoms in total. The maximum absolute atomic E-state index is 12.2. The molecule has 1 fully saturated rings. The summed E-state index contributed by atoms with van der Waals surface area (Å²) in [5.41, 5.74) is 1.23. The van der Waals surface area contributed by atoms with Crippen LogP contribution in [0.5, 0.6) is 5.75 Å². The number of amides is 1. The zero-order valence-electron chi connectivity index (χ0n) is 11.9. The number of carbonyl (C=O) groups excluding carboxylic acids is 1. The molecule has 0 radical (unpaired) electrons. The summed E-state index contributed by atoms with van der Waals surface area (Å²) in [6.45, 7) is 5.97. The van der Waals surface area contributed by atoms with Crippen LogP contribution in [-0.2, 0) is 4.74 Å². The van der Waals surface area contributed by atoms with Gasteiger partial charge in [-0.05, 0) is 37.1 Å². The molecule has 1 saturated carbocycles. The molecule has 1 amide bonds. The maximum Gasteiger partial charge on any atom is 0.251 e. The number of aromatic hydroxyl groups is 1. The van der Waals surface area contributed by atoms with Crippen LogP contribution >= 0.6 is 0 Å². The van der Waals surface area contributed by atoms with Gasteiger partial charge in [0.1, 0.15) is 5.75 Å². The predicted octanol–water partition coefficient (Wildman–Crippen LogP) is 2.24. The van der Waals surface area contributed by atoms with Gasteiger partial charge in [0.25, 0.3) is 5.91 Å². The van der Waals surface area contributed by atoms with E-state index in [1.807, 2.05) is 0 Å². The highest BCUT2D eigenvalue weighted by Gasteiger charge is 2.49. The molecule has 104 valence electrons. The summed E-state index contributed by atoms with van der Waals surface area (Å²) in [5.74, 6) is 0.107. The number of benzene rings is 1. The van der Waals surface area contributed by atoms with E-state index < -0.39 is 0 Å².